The number of piperidine rings is 1. The van der Waals surface area contributed by atoms with Gasteiger partial charge in [-0.1, -0.05) is 13.3 Å². The van der Waals surface area contributed by atoms with Crippen LogP contribution in [-0.4, -0.2) is 44.8 Å². The van der Waals surface area contributed by atoms with Crippen LogP contribution in [0.2, 0.25) is 0 Å². The van der Waals surface area contributed by atoms with Crippen LogP contribution in [0.4, 0.5) is 10.5 Å². The minimum atomic E-state index is -0.941. The molecule has 2 heterocycles. The lowest BCUT2D eigenvalue weighted by Crippen LogP contribution is -2.51. The third-order valence-electron chi connectivity index (χ3n) is 4.19. The number of carboxylic acids is 1. The number of carbonyl (C=O) groups is 2. The summed E-state index contributed by atoms with van der Waals surface area (Å²) in [6.07, 6.45) is 2.30. The van der Waals surface area contributed by atoms with Crippen LogP contribution < -0.4 is 5.32 Å². The third kappa shape index (κ3) is 3.17. The summed E-state index contributed by atoms with van der Waals surface area (Å²) < 4.78 is 0. The van der Waals surface area contributed by atoms with Crippen LogP contribution in [0.3, 0.4) is 0 Å². The number of amides is 2. The molecule has 3 N–H and O–H groups in total. The molecule has 7 heteroatoms. The highest BCUT2D eigenvalue weighted by molar-refractivity contribution is 5.93. The number of rotatable bonds is 3. The second-order valence-corrected chi connectivity index (χ2v) is 5.59. The number of carbonyl (C=O) groups excluding carboxylic acids is 1. The number of hydrogen-bond acceptors (Lipinski definition) is 3. The summed E-state index contributed by atoms with van der Waals surface area (Å²) in [7, 11) is 0. The second-order valence-electron chi connectivity index (χ2n) is 5.59. The molecule has 7 nitrogen and oxygen atoms in total. The normalized spacial score (nSPS) is 22.1. The van der Waals surface area contributed by atoms with Crippen molar-refractivity contribution in [3.8, 4) is 0 Å². The molecule has 2 unspecified atom stereocenters. The number of aromatic amines is 1. The summed E-state index contributed by atoms with van der Waals surface area (Å²) in [4.78, 5) is 25.2. The average molecular weight is 294 g/mol. The topological polar surface area (TPSA) is 98.3 Å². The molecule has 1 aromatic heterocycles. The first-order valence-corrected chi connectivity index (χ1v) is 7.26. The van der Waals surface area contributed by atoms with Crippen LogP contribution in [0.15, 0.2) is 0 Å². The molecule has 1 fully saturated rings. The molecule has 1 saturated heterocycles. The molecular formula is C14H22N4O3. The smallest absolute Gasteiger partial charge is 0.326 e. The van der Waals surface area contributed by atoms with Gasteiger partial charge < -0.3 is 15.3 Å². The Morgan fingerprint density at radius 1 is 1.48 bits per heavy atom. The summed E-state index contributed by atoms with van der Waals surface area (Å²) in [6.45, 7) is 6.12. The fraction of sp³-hybridized carbons (Fsp3) is 0.643. The SMILES string of the molecule is CCC1CCN(C(=O)Nc2c(C)n[nH]c2C)C(C(=O)O)C1. The minimum Gasteiger partial charge on any atom is -0.480 e. The number of hydrogen-bond donors (Lipinski definition) is 3. The number of aliphatic carboxylic acids is 1. The standard InChI is InChI=1S/C14H22N4O3/c1-4-10-5-6-18(11(7-10)13(19)20)14(21)15-12-8(2)16-17-9(12)3/h10-11H,4-7H2,1-3H3,(H,15,21)(H,16,17)(H,19,20). The van der Waals surface area contributed by atoms with E-state index >= 15 is 0 Å². The van der Waals surface area contributed by atoms with Crippen LogP contribution in [0.25, 0.3) is 0 Å². The lowest BCUT2D eigenvalue weighted by atomic mass is 9.89. The van der Waals surface area contributed by atoms with Crippen LogP contribution in [-0.2, 0) is 4.79 Å². The van der Waals surface area contributed by atoms with Gasteiger partial charge in [0.1, 0.15) is 6.04 Å². The Bertz CT molecular complexity index is 521. The number of carboxylic acid groups (broad SMARTS) is 1. The van der Waals surface area contributed by atoms with Gasteiger partial charge in [-0.3, -0.25) is 5.10 Å². The van der Waals surface area contributed by atoms with Gasteiger partial charge in [-0.2, -0.15) is 5.10 Å². The van der Waals surface area contributed by atoms with Gasteiger partial charge in [-0.15, -0.1) is 0 Å². The van der Waals surface area contributed by atoms with E-state index in [2.05, 4.69) is 22.4 Å². The van der Waals surface area contributed by atoms with Crippen molar-refractivity contribution in [1.82, 2.24) is 15.1 Å². The summed E-state index contributed by atoms with van der Waals surface area (Å²) >= 11 is 0. The number of likely N-dealkylation sites (tertiary alicyclic amines) is 1. The molecule has 21 heavy (non-hydrogen) atoms. The van der Waals surface area contributed by atoms with Crippen LogP contribution >= 0.6 is 0 Å². The third-order valence-corrected chi connectivity index (χ3v) is 4.19. The monoisotopic (exact) mass is 294 g/mol. The second kappa shape index (κ2) is 6.15. The molecule has 2 atom stereocenters. The Hall–Kier alpha value is -2.05. The van der Waals surface area contributed by atoms with Crippen molar-refractivity contribution in [1.29, 1.82) is 0 Å². The number of urea groups is 1. The molecule has 2 rings (SSSR count). The maximum atomic E-state index is 12.4. The van der Waals surface area contributed by atoms with E-state index in [0.717, 1.165) is 18.5 Å². The molecule has 0 saturated carbocycles. The largest absolute Gasteiger partial charge is 0.480 e. The number of H-pyrrole nitrogens is 1. The lowest BCUT2D eigenvalue weighted by Gasteiger charge is -2.36. The van der Waals surface area contributed by atoms with Gasteiger partial charge in [0.15, 0.2) is 0 Å². The summed E-state index contributed by atoms with van der Waals surface area (Å²) in [5, 5.41) is 19.0. The molecule has 2 amide bonds. The Morgan fingerprint density at radius 2 is 2.19 bits per heavy atom. The van der Waals surface area contributed by atoms with Gasteiger partial charge in [0, 0.05) is 6.54 Å². The zero-order valence-electron chi connectivity index (χ0n) is 12.6. The van der Waals surface area contributed by atoms with Crippen molar-refractivity contribution in [2.45, 2.75) is 46.1 Å². The van der Waals surface area contributed by atoms with Crippen LogP contribution in [0, 0.1) is 19.8 Å². The summed E-state index contributed by atoms with van der Waals surface area (Å²) in [5.41, 5.74) is 2.08. The van der Waals surface area contributed by atoms with E-state index in [4.69, 9.17) is 0 Å². The van der Waals surface area contributed by atoms with Gasteiger partial charge in [-0.05, 0) is 32.6 Å². The predicted octanol–water partition coefficient (Wildman–Crippen LogP) is 2.13. The maximum Gasteiger partial charge on any atom is 0.326 e. The molecule has 0 aromatic carbocycles. The van der Waals surface area contributed by atoms with Gasteiger partial charge in [-0.25, -0.2) is 9.59 Å². The highest BCUT2D eigenvalue weighted by Gasteiger charge is 2.35. The fourth-order valence-electron chi connectivity index (χ4n) is 2.80. The number of anilines is 1. The van der Waals surface area contributed by atoms with Gasteiger partial charge >= 0.3 is 12.0 Å². The minimum absolute atomic E-state index is 0.368. The van der Waals surface area contributed by atoms with E-state index in [1.165, 1.54) is 4.90 Å². The summed E-state index contributed by atoms with van der Waals surface area (Å²) in [5.74, 6) is -0.573. The van der Waals surface area contributed by atoms with E-state index in [0.29, 0.717) is 30.3 Å². The molecule has 1 aromatic rings. The van der Waals surface area contributed by atoms with Crippen molar-refractivity contribution in [3.63, 3.8) is 0 Å². The van der Waals surface area contributed by atoms with Crippen LogP contribution in [0.1, 0.15) is 37.6 Å². The van der Waals surface area contributed by atoms with E-state index in [9.17, 15) is 14.7 Å². The number of nitrogens with zero attached hydrogens (tertiary/aromatic N) is 2. The number of nitrogens with one attached hydrogen (secondary N) is 2. The first-order chi connectivity index (χ1) is 9.93. The van der Waals surface area contributed by atoms with Crippen molar-refractivity contribution in [2.75, 3.05) is 11.9 Å². The Kier molecular flexibility index (Phi) is 4.50. The molecule has 0 radical (unpaired) electrons. The summed E-state index contributed by atoms with van der Waals surface area (Å²) in [6, 6.07) is -1.12. The lowest BCUT2D eigenvalue weighted by molar-refractivity contribution is -0.143. The van der Waals surface area contributed by atoms with Crippen molar-refractivity contribution in [2.24, 2.45) is 5.92 Å². The molecule has 0 aliphatic carbocycles. The Morgan fingerprint density at radius 3 is 2.71 bits per heavy atom. The van der Waals surface area contributed by atoms with E-state index in [1.807, 2.05) is 6.92 Å². The van der Waals surface area contributed by atoms with Gasteiger partial charge in [0.2, 0.25) is 0 Å². The quantitative estimate of drug-likeness (QED) is 0.795. The van der Waals surface area contributed by atoms with E-state index < -0.39 is 12.0 Å². The van der Waals surface area contributed by atoms with Gasteiger partial charge in [0.05, 0.1) is 17.1 Å². The fourth-order valence-corrected chi connectivity index (χ4v) is 2.80. The molecule has 0 bridgehead atoms. The molecule has 0 spiro atoms. The first-order valence-electron chi connectivity index (χ1n) is 7.26. The number of aryl methyl sites for hydroxylation is 2. The Balaban J connectivity index is 2.12. The molecular weight excluding hydrogens is 272 g/mol. The maximum absolute atomic E-state index is 12.4. The van der Waals surface area contributed by atoms with E-state index in [-0.39, 0.29) is 6.03 Å². The highest BCUT2D eigenvalue weighted by atomic mass is 16.4. The molecule has 1 aliphatic rings. The average Bonchev–Trinajstić information content (AvgIpc) is 2.78. The van der Waals surface area contributed by atoms with Gasteiger partial charge in [0.25, 0.3) is 0 Å². The molecule has 1 aliphatic heterocycles. The predicted molar refractivity (Wildman–Crippen MR) is 78.2 cm³/mol. The Labute approximate surface area is 123 Å². The zero-order chi connectivity index (χ0) is 15.6. The zero-order valence-corrected chi connectivity index (χ0v) is 12.6. The molecule has 116 valence electrons. The van der Waals surface area contributed by atoms with Crippen molar-refractivity contribution < 1.29 is 14.7 Å². The van der Waals surface area contributed by atoms with Crippen LogP contribution in [0.5, 0.6) is 0 Å². The van der Waals surface area contributed by atoms with Crippen molar-refractivity contribution >= 4 is 17.7 Å². The first kappa shape index (κ1) is 15.3. The van der Waals surface area contributed by atoms with E-state index in [1.54, 1.807) is 6.92 Å². The highest BCUT2D eigenvalue weighted by Crippen LogP contribution is 2.27. The number of aromatic nitrogens is 2. The van der Waals surface area contributed by atoms with Crippen molar-refractivity contribution in [3.05, 3.63) is 11.4 Å².